The molecule has 0 aliphatic heterocycles. The molecule has 0 aliphatic rings. The predicted molar refractivity (Wildman–Crippen MR) is 79.2 cm³/mol. The third-order valence-corrected chi connectivity index (χ3v) is 3.17. The first-order chi connectivity index (χ1) is 10.2. The minimum absolute atomic E-state index is 0.0165. The summed E-state index contributed by atoms with van der Waals surface area (Å²) in [6.07, 6.45) is 0. The van der Waals surface area contributed by atoms with Crippen molar-refractivity contribution in [2.75, 3.05) is 18.6 Å². The number of hydrogen-bond acceptors (Lipinski definition) is 4. The maximum atomic E-state index is 12.1. The summed E-state index contributed by atoms with van der Waals surface area (Å²) in [5.74, 6) is 0.535. The van der Waals surface area contributed by atoms with Crippen LogP contribution in [0.25, 0.3) is 11.0 Å². The molecule has 0 aliphatic carbocycles. The van der Waals surface area contributed by atoms with Crippen molar-refractivity contribution in [2.45, 2.75) is 0 Å². The second kappa shape index (κ2) is 5.62. The maximum Gasteiger partial charge on any atom is 0.264 e. The molecule has 1 aromatic heterocycles. The van der Waals surface area contributed by atoms with E-state index in [1.54, 1.807) is 13.1 Å². The number of anilines is 1. The third-order valence-electron chi connectivity index (χ3n) is 3.17. The van der Waals surface area contributed by atoms with Crippen LogP contribution in [-0.4, -0.2) is 35.0 Å². The molecule has 0 saturated carbocycles. The van der Waals surface area contributed by atoms with Gasteiger partial charge in [0, 0.05) is 12.7 Å². The summed E-state index contributed by atoms with van der Waals surface area (Å²) in [4.78, 5) is 13.7. The molecule has 3 rings (SSSR count). The monoisotopic (exact) mass is 282 g/mol. The van der Waals surface area contributed by atoms with E-state index in [0.717, 1.165) is 16.7 Å². The van der Waals surface area contributed by atoms with Crippen LogP contribution in [0.15, 0.2) is 48.5 Å². The van der Waals surface area contributed by atoms with Crippen molar-refractivity contribution in [3.05, 3.63) is 48.5 Å². The summed E-state index contributed by atoms with van der Waals surface area (Å²) in [5, 5.41) is 10.5. The molecule has 0 spiro atoms. The van der Waals surface area contributed by atoms with Crippen molar-refractivity contribution in [2.24, 2.45) is 0 Å². The molecule has 106 valence electrons. The number of nitrogens with one attached hydrogen (secondary N) is 1. The third kappa shape index (κ3) is 2.84. The molecule has 6 heteroatoms. The summed E-state index contributed by atoms with van der Waals surface area (Å²) < 4.78 is 5.46. The number of rotatable bonds is 4. The molecular formula is C15H14N4O2. The van der Waals surface area contributed by atoms with Gasteiger partial charge in [-0.2, -0.15) is 15.4 Å². The number of nitrogens with zero attached hydrogens (tertiary/aromatic N) is 3. The molecule has 3 aromatic rings. The minimum Gasteiger partial charge on any atom is -0.484 e. The van der Waals surface area contributed by atoms with Gasteiger partial charge in [0.25, 0.3) is 5.91 Å². The fraction of sp³-hybridized carbons (Fsp3) is 0.133. The first-order valence-corrected chi connectivity index (χ1v) is 6.49. The Morgan fingerprint density at radius 1 is 1.14 bits per heavy atom. The fourth-order valence-electron chi connectivity index (χ4n) is 1.94. The van der Waals surface area contributed by atoms with Crippen LogP contribution >= 0.6 is 0 Å². The SMILES string of the molecule is CN(C(=O)COc1ccccc1)c1ccc2n[nH]nc2c1. The molecule has 6 nitrogen and oxygen atoms in total. The van der Waals surface area contributed by atoms with E-state index in [9.17, 15) is 4.79 Å². The summed E-state index contributed by atoms with van der Waals surface area (Å²) in [5.41, 5.74) is 2.23. The Labute approximate surface area is 121 Å². The van der Waals surface area contributed by atoms with E-state index in [-0.39, 0.29) is 12.5 Å². The van der Waals surface area contributed by atoms with Gasteiger partial charge in [-0.1, -0.05) is 18.2 Å². The number of para-hydroxylation sites is 1. The van der Waals surface area contributed by atoms with E-state index in [4.69, 9.17) is 4.74 Å². The van der Waals surface area contributed by atoms with Crippen LogP contribution in [-0.2, 0) is 4.79 Å². The first-order valence-electron chi connectivity index (χ1n) is 6.49. The standard InChI is InChI=1S/C15H14N4O2/c1-19(11-7-8-13-14(9-11)17-18-16-13)15(20)10-21-12-5-3-2-4-6-12/h2-9H,10H2,1H3,(H,16,17,18). The molecule has 0 bridgehead atoms. The predicted octanol–water partition coefficient (Wildman–Crippen LogP) is 2.00. The van der Waals surface area contributed by atoms with Crippen LogP contribution in [0.5, 0.6) is 5.75 Å². The molecule has 1 N–H and O–H groups in total. The highest BCUT2D eigenvalue weighted by atomic mass is 16.5. The van der Waals surface area contributed by atoms with E-state index in [1.807, 2.05) is 42.5 Å². The molecule has 0 saturated heterocycles. The van der Waals surface area contributed by atoms with Gasteiger partial charge in [0.1, 0.15) is 16.8 Å². The summed E-state index contributed by atoms with van der Waals surface area (Å²) in [6, 6.07) is 14.7. The molecule has 0 unspecified atom stereocenters. The van der Waals surface area contributed by atoms with Gasteiger partial charge in [0.05, 0.1) is 0 Å². The summed E-state index contributed by atoms with van der Waals surface area (Å²) in [7, 11) is 1.71. The van der Waals surface area contributed by atoms with Gasteiger partial charge in [0.2, 0.25) is 0 Å². The number of fused-ring (bicyclic) bond motifs is 1. The number of benzene rings is 2. The van der Waals surface area contributed by atoms with Crippen molar-refractivity contribution in [3.8, 4) is 5.75 Å². The molecule has 1 heterocycles. The fourth-order valence-corrected chi connectivity index (χ4v) is 1.94. The van der Waals surface area contributed by atoms with Crippen LogP contribution in [0.4, 0.5) is 5.69 Å². The van der Waals surface area contributed by atoms with Gasteiger partial charge < -0.3 is 9.64 Å². The van der Waals surface area contributed by atoms with Gasteiger partial charge >= 0.3 is 0 Å². The summed E-state index contributed by atoms with van der Waals surface area (Å²) >= 11 is 0. The Morgan fingerprint density at radius 3 is 2.71 bits per heavy atom. The van der Waals surface area contributed by atoms with E-state index < -0.39 is 0 Å². The number of ether oxygens (including phenoxy) is 1. The number of carbonyl (C=O) groups excluding carboxylic acids is 1. The smallest absolute Gasteiger partial charge is 0.264 e. The molecule has 21 heavy (non-hydrogen) atoms. The lowest BCUT2D eigenvalue weighted by Gasteiger charge is -2.17. The van der Waals surface area contributed by atoms with Crippen molar-refractivity contribution in [3.63, 3.8) is 0 Å². The van der Waals surface area contributed by atoms with Gasteiger partial charge in [-0.3, -0.25) is 4.79 Å². The van der Waals surface area contributed by atoms with Crippen LogP contribution in [0, 0.1) is 0 Å². The number of likely N-dealkylation sites (N-methyl/N-ethyl adjacent to an activating group) is 1. The average Bonchev–Trinajstić information content (AvgIpc) is 3.00. The number of aromatic nitrogens is 3. The summed E-state index contributed by atoms with van der Waals surface area (Å²) in [6.45, 7) is -0.0165. The van der Waals surface area contributed by atoms with E-state index >= 15 is 0 Å². The molecule has 0 fully saturated rings. The van der Waals surface area contributed by atoms with Crippen LogP contribution in [0.2, 0.25) is 0 Å². The molecule has 1 amide bonds. The number of aromatic amines is 1. The van der Waals surface area contributed by atoms with E-state index in [1.165, 1.54) is 4.90 Å². The highest BCUT2D eigenvalue weighted by Crippen LogP contribution is 2.18. The van der Waals surface area contributed by atoms with Crippen molar-refractivity contribution >= 4 is 22.6 Å². The second-order valence-electron chi connectivity index (χ2n) is 4.55. The van der Waals surface area contributed by atoms with Gasteiger partial charge in [-0.05, 0) is 30.3 Å². The van der Waals surface area contributed by atoms with Gasteiger partial charge in [-0.15, -0.1) is 0 Å². The number of hydrogen-bond donors (Lipinski definition) is 1. The lowest BCUT2D eigenvalue weighted by atomic mass is 10.2. The van der Waals surface area contributed by atoms with Crippen LogP contribution in [0.3, 0.4) is 0 Å². The maximum absolute atomic E-state index is 12.1. The zero-order valence-electron chi connectivity index (χ0n) is 11.5. The minimum atomic E-state index is -0.137. The Balaban J connectivity index is 1.68. The normalized spacial score (nSPS) is 10.5. The highest BCUT2D eigenvalue weighted by molar-refractivity contribution is 5.95. The second-order valence-corrected chi connectivity index (χ2v) is 4.55. The first kappa shape index (κ1) is 13.1. The van der Waals surface area contributed by atoms with Gasteiger partial charge in [0.15, 0.2) is 6.61 Å². The molecule has 2 aromatic carbocycles. The Morgan fingerprint density at radius 2 is 1.90 bits per heavy atom. The number of H-pyrrole nitrogens is 1. The Kier molecular flexibility index (Phi) is 3.51. The van der Waals surface area contributed by atoms with Crippen molar-refractivity contribution < 1.29 is 9.53 Å². The molecule has 0 atom stereocenters. The molecule has 0 radical (unpaired) electrons. The lowest BCUT2D eigenvalue weighted by molar-refractivity contribution is -0.120. The molecular weight excluding hydrogens is 268 g/mol. The van der Waals surface area contributed by atoms with E-state index in [0.29, 0.717) is 5.75 Å². The largest absolute Gasteiger partial charge is 0.484 e. The van der Waals surface area contributed by atoms with Gasteiger partial charge in [-0.25, -0.2) is 0 Å². The van der Waals surface area contributed by atoms with E-state index in [2.05, 4.69) is 15.4 Å². The van der Waals surface area contributed by atoms with Crippen LogP contribution < -0.4 is 9.64 Å². The Bertz CT molecular complexity index is 754. The quantitative estimate of drug-likeness (QED) is 0.794. The van der Waals surface area contributed by atoms with Crippen LogP contribution in [0.1, 0.15) is 0 Å². The van der Waals surface area contributed by atoms with Crippen molar-refractivity contribution in [1.82, 2.24) is 15.4 Å². The zero-order valence-corrected chi connectivity index (χ0v) is 11.5. The average molecular weight is 282 g/mol. The zero-order chi connectivity index (χ0) is 14.7. The van der Waals surface area contributed by atoms with Crippen molar-refractivity contribution in [1.29, 1.82) is 0 Å². The Hall–Kier alpha value is -2.89. The number of amides is 1. The lowest BCUT2D eigenvalue weighted by Crippen LogP contribution is -2.31. The number of carbonyl (C=O) groups is 1. The topological polar surface area (TPSA) is 71.1 Å². The highest BCUT2D eigenvalue weighted by Gasteiger charge is 2.13.